The van der Waals surface area contributed by atoms with Crippen molar-refractivity contribution in [3.63, 3.8) is 0 Å². The molecule has 0 aliphatic carbocycles. The summed E-state index contributed by atoms with van der Waals surface area (Å²) in [6.07, 6.45) is 0. The van der Waals surface area contributed by atoms with E-state index in [4.69, 9.17) is 0 Å². The van der Waals surface area contributed by atoms with Crippen LogP contribution in [0.3, 0.4) is 0 Å². The molecule has 0 atom stereocenters. The van der Waals surface area contributed by atoms with Gasteiger partial charge in [-0.1, -0.05) is 299 Å². The number of para-hydroxylation sites is 6. The average molecular weight is 2010 g/mol. The van der Waals surface area contributed by atoms with E-state index < -0.39 is 7.12 Å². The maximum absolute atomic E-state index is 9.62. The molecule has 3 N–H and O–H groups in total. The molecule has 138 heavy (non-hydrogen) atoms. The molecule has 0 saturated carbocycles. The average Bonchev–Trinajstić information content (AvgIpc) is 1.58. The normalized spacial score (nSPS) is 11.5. The molecule has 21 aromatic carbocycles. The van der Waals surface area contributed by atoms with Crippen molar-refractivity contribution >= 4 is 198 Å². The Balaban J connectivity index is 0.000000109. The second kappa shape index (κ2) is 36.4. The summed E-state index contributed by atoms with van der Waals surface area (Å²) in [6, 6.07) is 175. The van der Waals surface area contributed by atoms with Gasteiger partial charge >= 0.3 is 7.12 Å². The molecule has 0 unspecified atom stereocenters. The van der Waals surface area contributed by atoms with Crippen LogP contribution in [-0.2, 0) is 0 Å². The second-order valence-corrected chi connectivity index (χ2v) is 38.1. The van der Waals surface area contributed by atoms with E-state index in [1.165, 1.54) is 190 Å². The maximum Gasteiger partial charge on any atom is 0.488 e. The Morgan fingerprint density at radius 1 is 0.181 bits per heavy atom. The van der Waals surface area contributed by atoms with Crippen LogP contribution in [0.4, 0.5) is 0 Å². The molecule has 0 amide bonds. The quantitative estimate of drug-likeness (QED) is 0.0842. The Labute approximate surface area is 827 Å². The van der Waals surface area contributed by atoms with Gasteiger partial charge in [0.1, 0.15) is 0 Å². The summed E-state index contributed by atoms with van der Waals surface area (Å²) in [5.41, 5.74) is 34.8. The highest BCUT2D eigenvalue weighted by Gasteiger charge is 2.23. The summed E-state index contributed by atoms with van der Waals surface area (Å²) >= 11 is 9.21. The first-order chi connectivity index (χ1) is 68.0. The molecule has 12 heteroatoms. The van der Waals surface area contributed by atoms with Crippen molar-refractivity contribution in [1.82, 2.24) is 27.8 Å². The molecule has 0 aliphatic heterocycles. The summed E-state index contributed by atoms with van der Waals surface area (Å²) in [5, 5.41) is 34.1. The fraction of sp³-hybridized carbons (Fsp3) is 0. The number of H-pyrrole nitrogens is 1. The first kappa shape index (κ1) is 85.0. The minimum atomic E-state index is -1.49. The zero-order valence-corrected chi connectivity index (χ0v) is 79.9. The van der Waals surface area contributed by atoms with Crippen LogP contribution in [0, 0.1) is 3.57 Å². The lowest BCUT2D eigenvalue weighted by Gasteiger charge is -2.10. The highest BCUT2D eigenvalue weighted by molar-refractivity contribution is 14.1. The molecule has 0 fully saturated rings. The van der Waals surface area contributed by atoms with Crippen LogP contribution in [-0.4, -0.2) is 45.0 Å². The van der Waals surface area contributed by atoms with E-state index >= 15 is 0 Å². The van der Waals surface area contributed by atoms with Gasteiger partial charge in [-0.2, -0.15) is 0 Å². The molecule has 0 saturated heterocycles. The van der Waals surface area contributed by atoms with Gasteiger partial charge in [-0.3, -0.25) is 0 Å². The largest absolute Gasteiger partial charge is 0.488 e. The molecule has 8 nitrogen and oxygen atoms in total. The third-order valence-electron chi connectivity index (χ3n) is 26.8. The molecule has 27 aromatic rings. The fourth-order valence-electron chi connectivity index (χ4n) is 20.3. The Kier molecular flexibility index (Phi) is 22.4. The number of aromatic amines is 1. The second-order valence-electron chi connectivity index (χ2n) is 35.0. The zero-order chi connectivity index (χ0) is 92.4. The van der Waals surface area contributed by atoms with Crippen LogP contribution < -0.4 is 5.46 Å². The lowest BCUT2D eigenvalue weighted by Crippen LogP contribution is -2.29. The van der Waals surface area contributed by atoms with Crippen molar-refractivity contribution in [3.05, 3.63) is 504 Å². The van der Waals surface area contributed by atoms with Gasteiger partial charge in [0.25, 0.3) is 0 Å². The summed E-state index contributed by atoms with van der Waals surface area (Å²) < 4.78 is 15.2. The minimum Gasteiger partial charge on any atom is -0.423 e. The van der Waals surface area contributed by atoms with Gasteiger partial charge in [0.05, 0.1) is 55.2 Å². The standard InChI is InChI=1S/C42H29BN2O2.C42H27BrN2.C36H24N2.C6H4BrI/c46-43(47)32-18-20-34(21-19-32)45-39-14-8-7-13-35(39)36-26-30(16-23-40(36)45)31-17-24-42-38(27-31)37-25-29(28-9-3-1-4-10-28)15-22-41(37)44(42)33-11-5-2-6-12-33;43-32-18-20-34(21-19-32)45-39-14-8-7-13-35(39)36-26-30(16-23-40(36)45)31-17-24-42-38(27-31)37-25-29(28-9-3-1-4-10-28)15-22-41(37)44(42)33-11-5-2-6-12-33;1-3-9-24(10-4-1)25-16-19-35-31(22-25)32-23-27(17-20-36(32)38(35)28-11-5-2-6-12-28)26-15-18-34-30(21-26)29-13-7-8-14-33(29)37-34;7-5-1-3-6(8)4-2-5/h1-27,46-47H;1-27H;1-23,37H;1-4H. The third kappa shape index (κ3) is 15.8. The summed E-state index contributed by atoms with van der Waals surface area (Å²) in [4.78, 5) is 3.55. The van der Waals surface area contributed by atoms with Gasteiger partial charge in [-0.25, -0.2) is 0 Å². The fourth-order valence-corrected chi connectivity index (χ4v) is 21.2. The third-order valence-corrected chi connectivity index (χ3v) is 28.6. The highest BCUT2D eigenvalue weighted by atomic mass is 127. The van der Waals surface area contributed by atoms with Crippen molar-refractivity contribution in [2.45, 2.75) is 0 Å². The van der Waals surface area contributed by atoms with E-state index in [1.54, 1.807) is 12.1 Å². The lowest BCUT2D eigenvalue weighted by atomic mass is 9.80. The lowest BCUT2D eigenvalue weighted by molar-refractivity contribution is 0.426. The predicted molar refractivity (Wildman–Crippen MR) is 597 cm³/mol. The SMILES string of the molecule is Brc1ccc(-n2c3ccccc3c3cc(-c4ccc5c(c4)c4cc(-c6ccccc6)ccc4n5-c4ccccc4)ccc32)cc1.Brc1ccc(I)cc1.OB(O)c1ccc(-n2c3ccccc3c3cc(-c4ccc5c(c4)c4cc(-c6ccccc6)ccc4n5-c4ccccc4)ccc32)cc1.c1ccc(-c2ccc3c(c2)c2cc(-c4ccc5[nH]c6ccccc6c5c4)ccc2n3-c2ccccc2)cc1. The molecule has 27 rings (SSSR count). The van der Waals surface area contributed by atoms with Gasteiger partial charge in [0.2, 0.25) is 0 Å². The Hall–Kier alpha value is -15.9. The number of nitrogens with zero attached hydrogens (tertiary/aromatic N) is 5. The molecule has 0 aliphatic rings. The first-order valence-electron chi connectivity index (χ1n) is 46.3. The van der Waals surface area contributed by atoms with Crippen LogP contribution in [0.2, 0.25) is 0 Å². The van der Waals surface area contributed by atoms with Gasteiger partial charge in [-0.15, -0.1) is 0 Å². The monoisotopic (exact) mass is 2010 g/mol. The molecule has 6 aromatic heterocycles. The molecule has 0 bridgehead atoms. The topological polar surface area (TPSA) is 80.9 Å². The molecule has 6 heterocycles. The molecular weight excluding hydrogens is 1930 g/mol. The van der Waals surface area contributed by atoms with Crippen LogP contribution >= 0.6 is 54.5 Å². The summed E-state index contributed by atoms with van der Waals surface area (Å²) in [7, 11) is -1.49. The van der Waals surface area contributed by atoms with E-state index in [0.29, 0.717) is 5.46 Å². The van der Waals surface area contributed by atoms with Crippen molar-refractivity contribution in [2.24, 2.45) is 0 Å². The smallest absolute Gasteiger partial charge is 0.423 e. The molecule has 654 valence electrons. The Morgan fingerprint density at radius 2 is 0.399 bits per heavy atom. The number of aromatic nitrogens is 6. The van der Waals surface area contributed by atoms with Crippen molar-refractivity contribution in [2.75, 3.05) is 0 Å². The van der Waals surface area contributed by atoms with Gasteiger partial charge in [0.15, 0.2) is 0 Å². The number of halogens is 3. The van der Waals surface area contributed by atoms with Crippen molar-refractivity contribution < 1.29 is 10.0 Å². The summed E-state index contributed by atoms with van der Waals surface area (Å²) in [5.74, 6) is 0. The van der Waals surface area contributed by atoms with E-state index in [-0.39, 0.29) is 0 Å². The number of benzene rings is 21. The minimum absolute atomic E-state index is 0.469. The maximum atomic E-state index is 9.62. The first-order valence-corrected chi connectivity index (χ1v) is 48.9. The van der Waals surface area contributed by atoms with Crippen LogP contribution in [0.25, 0.3) is 226 Å². The van der Waals surface area contributed by atoms with Crippen LogP contribution in [0.5, 0.6) is 0 Å². The number of nitrogens with one attached hydrogen (secondary N) is 1. The Morgan fingerprint density at radius 3 is 0.703 bits per heavy atom. The highest BCUT2D eigenvalue weighted by Crippen LogP contribution is 2.45. The molecule has 0 radical (unpaired) electrons. The van der Waals surface area contributed by atoms with E-state index in [9.17, 15) is 10.0 Å². The van der Waals surface area contributed by atoms with Crippen LogP contribution in [0.1, 0.15) is 0 Å². The van der Waals surface area contributed by atoms with E-state index in [0.717, 1.165) is 48.2 Å². The van der Waals surface area contributed by atoms with Crippen molar-refractivity contribution in [1.29, 1.82) is 0 Å². The van der Waals surface area contributed by atoms with Gasteiger partial charge in [0, 0.05) is 117 Å². The molecular formula is C126H84BBr2IN6O2. The Bertz CT molecular complexity index is 9280. The van der Waals surface area contributed by atoms with Crippen LogP contribution in [0.15, 0.2) is 500 Å². The van der Waals surface area contributed by atoms with E-state index in [1.807, 2.05) is 24.3 Å². The van der Waals surface area contributed by atoms with Crippen molar-refractivity contribution in [3.8, 4) is 95.2 Å². The zero-order valence-electron chi connectivity index (χ0n) is 74.6. The van der Waals surface area contributed by atoms with Gasteiger partial charge < -0.3 is 37.9 Å². The number of hydrogen-bond donors (Lipinski definition) is 3. The molecule has 0 spiro atoms. The number of hydrogen-bond acceptors (Lipinski definition) is 2. The van der Waals surface area contributed by atoms with E-state index in [2.05, 4.69) is 537 Å². The predicted octanol–water partition coefficient (Wildman–Crippen LogP) is 33.7. The summed E-state index contributed by atoms with van der Waals surface area (Å²) in [6.45, 7) is 0. The number of fused-ring (bicyclic) bond motifs is 18. The van der Waals surface area contributed by atoms with Gasteiger partial charge in [-0.05, 0) is 319 Å². The number of rotatable bonds is 12.